The summed E-state index contributed by atoms with van der Waals surface area (Å²) < 4.78 is 43.3. The second-order valence-electron chi connectivity index (χ2n) is 7.95. The van der Waals surface area contributed by atoms with Crippen molar-refractivity contribution in [1.29, 1.82) is 0 Å². The molecule has 9 heteroatoms. The van der Waals surface area contributed by atoms with E-state index in [1.54, 1.807) is 51.1 Å². The van der Waals surface area contributed by atoms with Crippen molar-refractivity contribution < 1.29 is 17.6 Å². The van der Waals surface area contributed by atoms with Crippen molar-refractivity contribution in [3.05, 3.63) is 53.6 Å². The van der Waals surface area contributed by atoms with Crippen LogP contribution in [0.3, 0.4) is 0 Å². The predicted molar refractivity (Wildman–Crippen MR) is 128 cm³/mol. The Bertz CT molecular complexity index is 1250. The van der Waals surface area contributed by atoms with E-state index in [0.717, 1.165) is 17.5 Å². The summed E-state index contributed by atoms with van der Waals surface area (Å²) in [5.74, 6) is -0.0788. The van der Waals surface area contributed by atoms with Crippen molar-refractivity contribution in [3.8, 4) is 0 Å². The molecule has 0 aliphatic heterocycles. The molecule has 0 atom stereocenters. The number of hydrogen-bond acceptors (Lipinski definition) is 4. The Morgan fingerprint density at radius 2 is 1.85 bits per heavy atom. The van der Waals surface area contributed by atoms with Gasteiger partial charge in [-0.25, -0.2) is 17.8 Å². The topological polar surface area (TPSA) is 84.3 Å². The number of fused-ring (bicyclic) bond motifs is 1. The van der Waals surface area contributed by atoms with Crippen LogP contribution in [0.2, 0.25) is 0 Å². The second-order valence-corrected chi connectivity index (χ2v) is 9.89. The largest absolute Gasteiger partial charge is 0.328 e. The van der Waals surface area contributed by atoms with Gasteiger partial charge in [-0.1, -0.05) is 26.8 Å². The summed E-state index contributed by atoms with van der Waals surface area (Å²) in [5.41, 5.74) is 2.34. The average molecular weight is 475 g/mol. The minimum Gasteiger partial charge on any atom is -0.328 e. The fourth-order valence-corrected chi connectivity index (χ4v) is 5.33. The number of aromatic nitrogens is 2. The van der Waals surface area contributed by atoms with Gasteiger partial charge in [0.15, 0.2) is 0 Å². The number of anilines is 1. The second kappa shape index (κ2) is 10.4. The summed E-state index contributed by atoms with van der Waals surface area (Å²) in [5, 5.41) is 2.61. The van der Waals surface area contributed by atoms with E-state index < -0.39 is 15.8 Å². The number of imidazole rings is 1. The Balaban J connectivity index is 1.84. The van der Waals surface area contributed by atoms with Crippen molar-refractivity contribution in [2.45, 2.75) is 58.4 Å². The van der Waals surface area contributed by atoms with Crippen LogP contribution >= 0.6 is 0 Å². The van der Waals surface area contributed by atoms with Gasteiger partial charge in [0.25, 0.3) is 0 Å². The van der Waals surface area contributed by atoms with E-state index >= 15 is 0 Å². The number of carbonyl (C=O) groups is 1. The number of aryl methyl sites for hydroxylation is 3. The fourth-order valence-electron chi connectivity index (χ4n) is 3.86. The van der Waals surface area contributed by atoms with Gasteiger partial charge in [-0.2, -0.15) is 4.31 Å². The minimum absolute atomic E-state index is 0.130. The molecule has 0 fully saturated rings. The minimum atomic E-state index is -3.59. The zero-order chi connectivity index (χ0) is 24.2. The Kier molecular flexibility index (Phi) is 7.86. The van der Waals surface area contributed by atoms with Crippen molar-refractivity contribution in [3.63, 3.8) is 0 Å². The first-order valence-corrected chi connectivity index (χ1v) is 12.7. The van der Waals surface area contributed by atoms with Gasteiger partial charge in [0, 0.05) is 32.5 Å². The molecule has 33 heavy (non-hydrogen) atoms. The molecular formula is C24H31FN4O3S. The summed E-state index contributed by atoms with van der Waals surface area (Å²) in [6.45, 7) is 8.92. The van der Waals surface area contributed by atoms with Crippen molar-refractivity contribution >= 4 is 32.7 Å². The number of rotatable bonds is 10. The number of benzene rings is 2. The van der Waals surface area contributed by atoms with E-state index in [-0.39, 0.29) is 22.9 Å². The lowest BCUT2D eigenvalue weighted by Crippen LogP contribution is -2.30. The number of nitrogens with one attached hydrogen (secondary N) is 1. The summed E-state index contributed by atoms with van der Waals surface area (Å²) in [6, 6.07) is 9.65. The highest BCUT2D eigenvalue weighted by molar-refractivity contribution is 7.89. The zero-order valence-corrected chi connectivity index (χ0v) is 20.4. The van der Waals surface area contributed by atoms with E-state index in [1.165, 1.54) is 10.4 Å². The van der Waals surface area contributed by atoms with Gasteiger partial charge in [0.1, 0.15) is 11.6 Å². The van der Waals surface area contributed by atoms with Gasteiger partial charge in [-0.05, 0) is 49.2 Å². The van der Waals surface area contributed by atoms with Gasteiger partial charge in [0.05, 0.1) is 21.6 Å². The van der Waals surface area contributed by atoms with E-state index in [4.69, 9.17) is 0 Å². The highest BCUT2D eigenvalue weighted by Gasteiger charge is 2.23. The third-order valence-electron chi connectivity index (χ3n) is 5.56. The monoisotopic (exact) mass is 474 g/mol. The maximum atomic E-state index is 14.0. The first-order chi connectivity index (χ1) is 15.7. The molecule has 1 N–H and O–H groups in total. The highest BCUT2D eigenvalue weighted by atomic mass is 32.2. The molecule has 0 radical (unpaired) electrons. The van der Waals surface area contributed by atoms with Gasteiger partial charge < -0.3 is 9.88 Å². The fraction of sp³-hybridized carbons (Fsp3) is 0.417. The predicted octanol–water partition coefficient (Wildman–Crippen LogP) is 4.50. The number of sulfonamides is 1. The van der Waals surface area contributed by atoms with Gasteiger partial charge in [0.2, 0.25) is 15.9 Å². The summed E-state index contributed by atoms with van der Waals surface area (Å²) in [7, 11) is -3.59. The van der Waals surface area contributed by atoms with E-state index in [0.29, 0.717) is 37.4 Å². The third-order valence-corrected chi connectivity index (χ3v) is 7.61. The van der Waals surface area contributed by atoms with Crippen LogP contribution < -0.4 is 5.32 Å². The molecule has 0 aliphatic rings. The smallest absolute Gasteiger partial charge is 0.243 e. The number of amides is 1. The molecule has 178 valence electrons. The molecule has 2 aromatic carbocycles. The highest BCUT2D eigenvalue weighted by Crippen LogP contribution is 2.24. The van der Waals surface area contributed by atoms with Gasteiger partial charge >= 0.3 is 0 Å². The molecule has 3 rings (SSSR count). The van der Waals surface area contributed by atoms with Crippen LogP contribution in [-0.4, -0.2) is 41.3 Å². The molecule has 0 spiro atoms. The van der Waals surface area contributed by atoms with Crippen LogP contribution in [0.5, 0.6) is 0 Å². The Labute approximate surface area is 194 Å². The van der Waals surface area contributed by atoms with Crippen LogP contribution in [0.4, 0.5) is 10.1 Å². The van der Waals surface area contributed by atoms with Gasteiger partial charge in [-0.15, -0.1) is 0 Å². The zero-order valence-electron chi connectivity index (χ0n) is 19.6. The summed E-state index contributed by atoms with van der Waals surface area (Å²) in [6.07, 6.45) is 1.34. The molecular weight excluding hydrogens is 443 g/mol. The van der Waals surface area contributed by atoms with E-state index in [2.05, 4.69) is 10.3 Å². The standard InChI is InChI=1S/C24H31FN4O3S/c1-5-14-29-22-11-9-18(33(31,32)28(6-2)7-3)16-21(22)26-23(29)12-13-24(30)27-20-10-8-17(4)15-19(20)25/h8-11,15-16H,5-7,12-14H2,1-4H3,(H,27,30). The maximum Gasteiger partial charge on any atom is 0.243 e. The first kappa shape index (κ1) is 24.9. The van der Waals surface area contributed by atoms with Crippen molar-refractivity contribution in [1.82, 2.24) is 13.9 Å². The lowest BCUT2D eigenvalue weighted by molar-refractivity contribution is -0.116. The maximum absolute atomic E-state index is 14.0. The number of nitrogens with zero attached hydrogens (tertiary/aromatic N) is 3. The van der Waals surface area contributed by atoms with Crippen molar-refractivity contribution in [2.24, 2.45) is 0 Å². The Morgan fingerprint density at radius 1 is 1.12 bits per heavy atom. The number of hydrogen-bond donors (Lipinski definition) is 1. The van der Waals surface area contributed by atoms with E-state index in [1.807, 2.05) is 11.5 Å². The molecule has 1 aromatic heterocycles. The summed E-state index contributed by atoms with van der Waals surface area (Å²) in [4.78, 5) is 17.3. The molecule has 0 saturated carbocycles. The number of halogens is 1. The molecule has 1 amide bonds. The van der Waals surface area contributed by atoms with Crippen molar-refractivity contribution in [2.75, 3.05) is 18.4 Å². The normalized spacial score (nSPS) is 11.9. The van der Waals surface area contributed by atoms with Crippen LogP contribution in [0.1, 0.15) is 45.0 Å². The molecule has 0 unspecified atom stereocenters. The summed E-state index contributed by atoms with van der Waals surface area (Å²) >= 11 is 0. The lowest BCUT2D eigenvalue weighted by Gasteiger charge is -2.18. The van der Waals surface area contributed by atoms with Crippen LogP contribution in [-0.2, 0) is 27.8 Å². The Hall–Kier alpha value is -2.78. The lowest BCUT2D eigenvalue weighted by atomic mass is 10.2. The molecule has 3 aromatic rings. The molecule has 7 nitrogen and oxygen atoms in total. The molecule has 0 bridgehead atoms. The van der Waals surface area contributed by atoms with E-state index in [9.17, 15) is 17.6 Å². The first-order valence-electron chi connectivity index (χ1n) is 11.3. The SMILES string of the molecule is CCCn1c(CCC(=O)Nc2ccc(C)cc2F)nc2cc(S(=O)(=O)N(CC)CC)ccc21. The quantitative estimate of drug-likeness (QED) is 0.469. The third kappa shape index (κ3) is 5.42. The van der Waals surface area contributed by atoms with Gasteiger partial charge in [-0.3, -0.25) is 4.79 Å². The van der Waals surface area contributed by atoms with Crippen LogP contribution in [0.15, 0.2) is 41.3 Å². The van der Waals surface area contributed by atoms with Crippen LogP contribution in [0.25, 0.3) is 11.0 Å². The number of carbonyl (C=O) groups excluding carboxylic acids is 1. The average Bonchev–Trinajstić information content (AvgIpc) is 3.12. The molecule has 0 saturated heterocycles. The molecule has 0 aliphatic carbocycles. The molecule has 1 heterocycles. The van der Waals surface area contributed by atoms with Crippen LogP contribution in [0, 0.1) is 12.7 Å². The Morgan fingerprint density at radius 3 is 2.48 bits per heavy atom.